The number of phenolic OH excluding ortho intramolecular Hbond substituents is 1. The number of fused-ring (bicyclic) bond motifs is 8. The molecule has 0 saturated heterocycles. The number of aromatic hydroxyl groups is 1. The van der Waals surface area contributed by atoms with Crippen molar-refractivity contribution in [2.45, 2.75) is 0 Å². The van der Waals surface area contributed by atoms with E-state index >= 15 is 0 Å². The second-order valence-corrected chi connectivity index (χ2v) is 10.4. The number of para-hydroxylation sites is 2. The van der Waals surface area contributed by atoms with E-state index in [1.165, 1.54) is 5.56 Å². The first-order valence-electron chi connectivity index (χ1n) is 14.0. The maximum atomic E-state index is 11.1. The van der Waals surface area contributed by atoms with E-state index in [0.717, 1.165) is 56.1 Å². The molecule has 1 N–H and O–H groups in total. The summed E-state index contributed by atoms with van der Waals surface area (Å²) in [7, 11) is 0. The van der Waals surface area contributed by atoms with Crippen molar-refractivity contribution in [3.63, 3.8) is 0 Å². The van der Waals surface area contributed by atoms with Gasteiger partial charge >= 0.3 is 0 Å². The molecule has 0 spiro atoms. The fourth-order valence-electron chi connectivity index (χ4n) is 6.04. The molecule has 1 aliphatic heterocycles. The predicted octanol–water partition coefficient (Wildman–Crippen LogP) is 8.30. The molecule has 8 rings (SSSR count). The van der Waals surface area contributed by atoms with Crippen LogP contribution in [0.25, 0.3) is 67.4 Å². The number of hydrogen-bond acceptors (Lipinski definition) is 2. The monoisotopic (exact) mass is 539 g/mol. The van der Waals surface area contributed by atoms with Crippen LogP contribution in [0.4, 0.5) is 0 Å². The van der Waals surface area contributed by atoms with Gasteiger partial charge in [0, 0.05) is 6.20 Å². The third-order valence-corrected chi connectivity index (χ3v) is 7.93. The van der Waals surface area contributed by atoms with Crippen LogP contribution >= 0.6 is 0 Å². The molecule has 5 aromatic carbocycles. The SMILES string of the molecule is Oc1ccccc1-[n+]1[c-]n2c(c1-c1ccccc1)-c1ccccc1-c1ccccc1-c1ccc(-c3ccccn3)cc1-2. The third-order valence-electron chi connectivity index (χ3n) is 7.93. The zero-order chi connectivity index (χ0) is 28.0. The Balaban J connectivity index is 1.56. The number of imidazole rings is 1. The highest BCUT2D eigenvalue weighted by atomic mass is 16.3. The summed E-state index contributed by atoms with van der Waals surface area (Å²) in [6, 6.07) is 47.4. The molecule has 1 aliphatic rings. The molecule has 2 aromatic heterocycles. The molecular formula is C38H25N3O. The molecule has 42 heavy (non-hydrogen) atoms. The van der Waals surface area contributed by atoms with Crippen LogP contribution in [0, 0.1) is 6.33 Å². The average Bonchev–Trinajstić information content (AvgIpc) is 3.45. The molecule has 0 bridgehead atoms. The number of aromatic nitrogens is 3. The molecule has 0 atom stereocenters. The summed E-state index contributed by atoms with van der Waals surface area (Å²) in [6.45, 7) is 0. The lowest BCUT2D eigenvalue weighted by Gasteiger charge is -2.23. The summed E-state index contributed by atoms with van der Waals surface area (Å²) < 4.78 is 4.15. The summed E-state index contributed by atoms with van der Waals surface area (Å²) in [4.78, 5) is 4.65. The quantitative estimate of drug-likeness (QED) is 0.181. The van der Waals surface area contributed by atoms with Gasteiger partial charge in [-0.2, -0.15) is 0 Å². The van der Waals surface area contributed by atoms with Crippen LogP contribution in [0.5, 0.6) is 5.75 Å². The largest absolute Gasteiger partial charge is 0.511 e. The van der Waals surface area contributed by atoms with Crippen molar-refractivity contribution >= 4 is 0 Å². The van der Waals surface area contributed by atoms with Gasteiger partial charge in [-0.25, -0.2) is 0 Å². The second kappa shape index (κ2) is 9.72. The first kappa shape index (κ1) is 24.1. The van der Waals surface area contributed by atoms with Crippen molar-refractivity contribution in [3.05, 3.63) is 152 Å². The van der Waals surface area contributed by atoms with Gasteiger partial charge in [0.05, 0.1) is 22.8 Å². The number of phenols is 1. The van der Waals surface area contributed by atoms with Gasteiger partial charge in [-0.05, 0) is 69.3 Å². The number of rotatable bonds is 3. The van der Waals surface area contributed by atoms with Crippen LogP contribution in [-0.2, 0) is 0 Å². The molecule has 0 amide bonds. The molecule has 0 aliphatic carbocycles. The van der Waals surface area contributed by atoms with Crippen LogP contribution < -0.4 is 4.57 Å². The summed E-state index contributed by atoms with van der Waals surface area (Å²) in [5.41, 5.74) is 12.2. The Hall–Kier alpha value is -5.74. The van der Waals surface area contributed by atoms with E-state index in [4.69, 9.17) is 0 Å². The van der Waals surface area contributed by atoms with E-state index in [1.54, 1.807) is 6.07 Å². The molecule has 198 valence electrons. The first-order valence-corrected chi connectivity index (χ1v) is 14.0. The lowest BCUT2D eigenvalue weighted by Crippen LogP contribution is -2.31. The van der Waals surface area contributed by atoms with Crippen molar-refractivity contribution in [2.24, 2.45) is 0 Å². The average molecular weight is 540 g/mol. The van der Waals surface area contributed by atoms with Crippen molar-refractivity contribution in [1.82, 2.24) is 9.55 Å². The minimum absolute atomic E-state index is 0.188. The van der Waals surface area contributed by atoms with Crippen LogP contribution in [0.15, 0.2) is 146 Å². The summed E-state index contributed by atoms with van der Waals surface area (Å²) in [5.74, 6) is 0.188. The summed E-state index contributed by atoms with van der Waals surface area (Å²) in [5, 5.41) is 11.1. The van der Waals surface area contributed by atoms with E-state index in [0.29, 0.717) is 5.69 Å². The van der Waals surface area contributed by atoms with Crippen molar-refractivity contribution in [1.29, 1.82) is 0 Å². The topological polar surface area (TPSA) is 41.9 Å². The van der Waals surface area contributed by atoms with Crippen molar-refractivity contribution in [2.75, 3.05) is 0 Å². The summed E-state index contributed by atoms with van der Waals surface area (Å²) in [6.07, 6.45) is 5.51. The Bertz CT molecular complexity index is 2100. The third kappa shape index (κ3) is 3.77. The lowest BCUT2D eigenvalue weighted by atomic mass is 9.87. The normalized spacial score (nSPS) is 11.4. The number of benzene rings is 5. The van der Waals surface area contributed by atoms with Gasteiger partial charge in [0.1, 0.15) is 11.4 Å². The zero-order valence-corrected chi connectivity index (χ0v) is 22.6. The summed E-state index contributed by atoms with van der Waals surface area (Å²) >= 11 is 0. The minimum atomic E-state index is 0.188. The highest BCUT2D eigenvalue weighted by Crippen LogP contribution is 2.46. The Morgan fingerprint density at radius 2 is 1.21 bits per heavy atom. The fourth-order valence-corrected chi connectivity index (χ4v) is 6.04. The predicted molar refractivity (Wildman–Crippen MR) is 166 cm³/mol. The van der Waals surface area contributed by atoms with E-state index in [1.807, 2.05) is 65.4 Å². The van der Waals surface area contributed by atoms with Crippen LogP contribution in [-0.4, -0.2) is 14.7 Å². The molecular weight excluding hydrogens is 514 g/mol. The maximum absolute atomic E-state index is 11.1. The molecule has 0 saturated carbocycles. The Labute approximate surface area is 244 Å². The van der Waals surface area contributed by atoms with Gasteiger partial charge in [-0.15, -0.1) is 0 Å². The number of pyridine rings is 1. The smallest absolute Gasteiger partial charge is 0.270 e. The Morgan fingerprint density at radius 1 is 0.571 bits per heavy atom. The van der Waals surface area contributed by atoms with E-state index in [9.17, 15) is 5.11 Å². The molecule has 4 heteroatoms. The Kier molecular flexibility index (Phi) is 5.57. The minimum Gasteiger partial charge on any atom is -0.511 e. The van der Waals surface area contributed by atoms with E-state index in [2.05, 4.69) is 94.7 Å². The van der Waals surface area contributed by atoms with E-state index in [-0.39, 0.29) is 5.75 Å². The van der Waals surface area contributed by atoms with Gasteiger partial charge in [-0.1, -0.05) is 109 Å². The Morgan fingerprint density at radius 3 is 1.95 bits per heavy atom. The van der Waals surface area contributed by atoms with Crippen LogP contribution in [0.1, 0.15) is 0 Å². The number of nitrogens with zero attached hydrogens (tertiary/aromatic N) is 3. The van der Waals surface area contributed by atoms with E-state index < -0.39 is 0 Å². The van der Waals surface area contributed by atoms with Gasteiger partial charge < -0.3 is 5.11 Å². The van der Waals surface area contributed by atoms with Gasteiger partial charge in [0.15, 0.2) is 0 Å². The molecule has 4 nitrogen and oxygen atoms in total. The second-order valence-electron chi connectivity index (χ2n) is 10.4. The molecule has 0 fully saturated rings. The van der Waals surface area contributed by atoms with Gasteiger partial charge in [-0.3, -0.25) is 14.1 Å². The van der Waals surface area contributed by atoms with Crippen molar-refractivity contribution in [3.8, 4) is 73.2 Å². The maximum Gasteiger partial charge on any atom is 0.270 e. The molecule has 3 heterocycles. The van der Waals surface area contributed by atoms with Crippen LogP contribution in [0.2, 0.25) is 0 Å². The highest BCUT2D eigenvalue weighted by molar-refractivity contribution is 5.98. The molecule has 7 aromatic rings. The highest BCUT2D eigenvalue weighted by Gasteiger charge is 2.28. The van der Waals surface area contributed by atoms with Gasteiger partial charge in [0.25, 0.3) is 6.33 Å². The first-order chi connectivity index (χ1) is 20.8. The lowest BCUT2D eigenvalue weighted by molar-refractivity contribution is -0.588. The fraction of sp³-hybridized carbons (Fsp3) is 0. The standard InChI is InChI=1S/C38H25N3O/c42-36-20-9-8-19-34(36)40-25-41-35-24-27(33-18-10-11-23-39-33)21-22-31(35)29-15-5-4-14-28(29)30-16-6-7-17-32(30)38(41)37(40)26-12-2-1-3-13-26/h1-24,42H. The van der Waals surface area contributed by atoms with Crippen molar-refractivity contribution < 1.29 is 9.67 Å². The zero-order valence-electron chi connectivity index (χ0n) is 22.6. The molecule has 0 radical (unpaired) electrons. The molecule has 0 unspecified atom stereocenters. The van der Waals surface area contributed by atoms with Crippen LogP contribution in [0.3, 0.4) is 0 Å². The number of hydrogen-bond donors (Lipinski definition) is 1. The van der Waals surface area contributed by atoms with Gasteiger partial charge in [0.2, 0.25) is 0 Å².